The minimum absolute atomic E-state index is 0.138. The summed E-state index contributed by atoms with van der Waals surface area (Å²) in [4.78, 5) is 51.8. The molecule has 0 unspecified atom stereocenters. The van der Waals surface area contributed by atoms with E-state index in [2.05, 4.69) is 10.6 Å². The van der Waals surface area contributed by atoms with Crippen LogP contribution in [0.15, 0.2) is 77.5 Å². The van der Waals surface area contributed by atoms with Gasteiger partial charge in [-0.1, -0.05) is 42.6 Å². The van der Waals surface area contributed by atoms with Crippen molar-refractivity contribution >= 4 is 64.0 Å². The molecule has 39 heavy (non-hydrogen) atoms. The van der Waals surface area contributed by atoms with E-state index in [1.54, 1.807) is 6.07 Å². The first-order valence-electron chi connectivity index (χ1n) is 11.9. The monoisotopic (exact) mass is 567 g/mol. The molecule has 0 spiro atoms. The number of aromatic hydroxyl groups is 1. The Hall–Kier alpha value is -4.34. The number of carbonyl (C=O) groups excluding carboxylic acids is 4. The van der Waals surface area contributed by atoms with E-state index in [1.807, 2.05) is 6.92 Å². The van der Waals surface area contributed by atoms with Gasteiger partial charge in [-0.2, -0.15) is 0 Å². The van der Waals surface area contributed by atoms with E-state index in [1.165, 1.54) is 60.7 Å². The fourth-order valence-electron chi connectivity index (χ4n) is 3.66. The Morgan fingerprint density at radius 1 is 0.949 bits per heavy atom. The van der Waals surface area contributed by atoms with E-state index in [9.17, 15) is 24.3 Å². The summed E-state index contributed by atoms with van der Waals surface area (Å²) < 4.78 is 5.21. The van der Waals surface area contributed by atoms with E-state index in [0.29, 0.717) is 10.7 Å². The van der Waals surface area contributed by atoms with E-state index in [-0.39, 0.29) is 45.6 Å². The van der Waals surface area contributed by atoms with Crippen molar-refractivity contribution in [1.29, 1.82) is 0 Å². The maximum Gasteiger partial charge on any atom is 0.338 e. The van der Waals surface area contributed by atoms with Crippen LogP contribution < -0.4 is 15.5 Å². The van der Waals surface area contributed by atoms with Crippen LogP contribution in [-0.4, -0.2) is 35.4 Å². The quantitative estimate of drug-likeness (QED) is 0.131. The molecule has 4 rings (SSSR count). The Morgan fingerprint density at radius 2 is 1.69 bits per heavy atom. The number of nitrogens with zero attached hydrogens (tertiary/aromatic N) is 1. The predicted molar refractivity (Wildman–Crippen MR) is 148 cm³/mol. The van der Waals surface area contributed by atoms with Crippen molar-refractivity contribution in [1.82, 2.24) is 0 Å². The predicted octanol–water partition coefficient (Wildman–Crippen LogP) is 5.69. The zero-order valence-corrected chi connectivity index (χ0v) is 22.2. The van der Waals surface area contributed by atoms with Gasteiger partial charge in [0.15, 0.2) is 0 Å². The second-order valence-electron chi connectivity index (χ2n) is 8.49. The second-order valence-corrected chi connectivity index (χ2v) is 9.31. The summed E-state index contributed by atoms with van der Waals surface area (Å²) in [5.41, 5.74) is 1.02. The molecule has 0 radical (unpaired) electrons. The summed E-state index contributed by atoms with van der Waals surface area (Å²) >= 11 is 12.1. The molecule has 0 aliphatic carbocycles. The summed E-state index contributed by atoms with van der Waals surface area (Å²) in [5, 5.41) is 15.3. The Bertz CT molecular complexity index is 1490. The molecule has 0 fully saturated rings. The van der Waals surface area contributed by atoms with Gasteiger partial charge in [-0.15, -0.1) is 0 Å². The first kappa shape index (κ1) is 27.7. The van der Waals surface area contributed by atoms with Crippen molar-refractivity contribution in [3.8, 4) is 5.75 Å². The summed E-state index contributed by atoms with van der Waals surface area (Å²) in [5.74, 6) is -2.66. The normalized spacial score (nSPS) is 13.1. The SMILES string of the molecule is CCCCOC(=O)c1cccc(N2C(=O)C(Cl)=C(Nc3ccc(C(=O)Nc4cc(Cl)ccc4O)cc3)C2=O)c1. The fraction of sp³-hybridized carbons (Fsp3) is 0.143. The van der Waals surface area contributed by atoms with Gasteiger partial charge in [0.05, 0.1) is 23.5 Å². The van der Waals surface area contributed by atoms with Crippen LogP contribution in [0.5, 0.6) is 5.75 Å². The van der Waals surface area contributed by atoms with Crippen molar-refractivity contribution in [3.63, 3.8) is 0 Å². The van der Waals surface area contributed by atoms with Crippen LogP contribution in [0.1, 0.15) is 40.5 Å². The molecule has 0 bridgehead atoms. The van der Waals surface area contributed by atoms with Gasteiger partial charge in [0.2, 0.25) is 0 Å². The van der Waals surface area contributed by atoms with Crippen LogP contribution in [0.25, 0.3) is 0 Å². The summed E-state index contributed by atoms with van der Waals surface area (Å²) in [7, 11) is 0. The highest BCUT2D eigenvalue weighted by Gasteiger charge is 2.39. The van der Waals surface area contributed by atoms with Crippen molar-refractivity contribution in [3.05, 3.63) is 93.6 Å². The number of nitrogens with one attached hydrogen (secondary N) is 2. The third kappa shape index (κ3) is 6.22. The van der Waals surface area contributed by atoms with E-state index < -0.39 is 23.7 Å². The van der Waals surface area contributed by atoms with E-state index >= 15 is 0 Å². The molecule has 3 amide bonds. The van der Waals surface area contributed by atoms with Crippen LogP contribution in [0.3, 0.4) is 0 Å². The van der Waals surface area contributed by atoms with Gasteiger partial charge in [0.1, 0.15) is 16.5 Å². The summed E-state index contributed by atoms with van der Waals surface area (Å²) in [6, 6.07) is 16.3. The third-order valence-corrected chi connectivity index (χ3v) is 6.31. The summed E-state index contributed by atoms with van der Waals surface area (Å²) in [6.45, 7) is 2.24. The molecular formula is C28H23Cl2N3O6. The number of phenolic OH excluding ortho intramolecular Hbond substituents is 1. The number of esters is 1. The largest absolute Gasteiger partial charge is 0.506 e. The van der Waals surface area contributed by atoms with Crippen LogP contribution >= 0.6 is 23.2 Å². The molecule has 11 heteroatoms. The molecule has 3 aromatic rings. The van der Waals surface area contributed by atoms with Gasteiger partial charge >= 0.3 is 5.97 Å². The number of hydrogen-bond donors (Lipinski definition) is 3. The fourth-order valence-corrected chi connectivity index (χ4v) is 4.05. The van der Waals surface area contributed by atoms with Gasteiger partial charge in [-0.3, -0.25) is 14.4 Å². The van der Waals surface area contributed by atoms with Gasteiger partial charge in [-0.25, -0.2) is 9.69 Å². The lowest BCUT2D eigenvalue weighted by Gasteiger charge is -2.16. The number of rotatable bonds is 9. The first-order valence-corrected chi connectivity index (χ1v) is 12.7. The second kappa shape index (κ2) is 12.0. The maximum absolute atomic E-state index is 13.1. The molecular weight excluding hydrogens is 545 g/mol. The Kier molecular flexibility index (Phi) is 8.53. The van der Waals surface area contributed by atoms with Crippen molar-refractivity contribution < 1.29 is 29.0 Å². The number of ether oxygens (including phenoxy) is 1. The number of halogens is 2. The molecule has 3 aromatic carbocycles. The number of carbonyl (C=O) groups is 4. The molecule has 1 aliphatic rings. The molecule has 0 atom stereocenters. The minimum atomic E-state index is -0.752. The lowest BCUT2D eigenvalue weighted by atomic mass is 10.1. The highest BCUT2D eigenvalue weighted by molar-refractivity contribution is 6.53. The summed E-state index contributed by atoms with van der Waals surface area (Å²) in [6.07, 6.45) is 1.59. The number of imide groups is 1. The van der Waals surface area contributed by atoms with Crippen LogP contribution in [0.4, 0.5) is 17.1 Å². The van der Waals surface area contributed by atoms with Crippen molar-refractivity contribution in [2.75, 3.05) is 22.1 Å². The van der Waals surface area contributed by atoms with E-state index in [0.717, 1.165) is 17.7 Å². The molecule has 9 nitrogen and oxygen atoms in total. The average Bonchev–Trinajstić information content (AvgIpc) is 3.14. The number of phenols is 1. The van der Waals surface area contributed by atoms with Crippen molar-refractivity contribution in [2.24, 2.45) is 0 Å². The maximum atomic E-state index is 13.1. The van der Waals surface area contributed by atoms with E-state index in [4.69, 9.17) is 27.9 Å². The number of anilines is 3. The van der Waals surface area contributed by atoms with Crippen LogP contribution in [0.2, 0.25) is 5.02 Å². The zero-order valence-electron chi connectivity index (χ0n) is 20.7. The number of unbranched alkanes of at least 4 members (excludes halogenated alkanes) is 1. The van der Waals surface area contributed by atoms with Crippen molar-refractivity contribution in [2.45, 2.75) is 19.8 Å². The molecule has 0 saturated heterocycles. The standard InChI is InChI=1S/C28H23Cl2N3O6/c1-2-3-13-39-28(38)17-5-4-6-20(14-17)33-26(36)23(30)24(27(33)37)31-19-10-7-16(8-11-19)25(35)32-21-15-18(29)9-12-22(21)34/h4-12,14-15,31,34H,2-3,13H2,1H3,(H,32,35). The molecule has 0 aromatic heterocycles. The number of benzene rings is 3. The first-order chi connectivity index (χ1) is 18.7. The molecule has 1 heterocycles. The van der Waals surface area contributed by atoms with Gasteiger partial charge in [0, 0.05) is 16.3 Å². The van der Waals surface area contributed by atoms with Crippen LogP contribution in [0, 0.1) is 0 Å². The highest BCUT2D eigenvalue weighted by Crippen LogP contribution is 2.31. The third-order valence-electron chi connectivity index (χ3n) is 5.72. The lowest BCUT2D eigenvalue weighted by Crippen LogP contribution is -2.32. The molecule has 3 N–H and O–H groups in total. The average molecular weight is 568 g/mol. The van der Waals surface area contributed by atoms with Crippen LogP contribution in [-0.2, 0) is 14.3 Å². The van der Waals surface area contributed by atoms with Gasteiger partial charge in [-0.05, 0) is 67.1 Å². The Balaban J connectivity index is 1.46. The topological polar surface area (TPSA) is 125 Å². The molecule has 0 saturated carbocycles. The molecule has 1 aliphatic heterocycles. The highest BCUT2D eigenvalue weighted by atomic mass is 35.5. The minimum Gasteiger partial charge on any atom is -0.506 e. The Labute approximate surface area is 234 Å². The lowest BCUT2D eigenvalue weighted by molar-refractivity contribution is -0.120. The van der Waals surface area contributed by atoms with Gasteiger partial charge in [0.25, 0.3) is 17.7 Å². The number of hydrogen-bond acceptors (Lipinski definition) is 7. The van der Waals surface area contributed by atoms with Gasteiger partial charge < -0.3 is 20.5 Å². The number of amides is 3. The Morgan fingerprint density at radius 3 is 2.41 bits per heavy atom. The zero-order chi connectivity index (χ0) is 28.1. The smallest absolute Gasteiger partial charge is 0.338 e. The molecule has 200 valence electrons.